The van der Waals surface area contributed by atoms with Gasteiger partial charge in [0.2, 0.25) is 0 Å². The average Bonchev–Trinajstić information content (AvgIpc) is 3.98. The molecular formula is C44H56N4O6. The van der Waals surface area contributed by atoms with Crippen molar-refractivity contribution in [1.29, 1.82) is 0 Å². The largest absolute Gasteiger partial charge is 0.481 e. The summed E-state index contributed by atoms with van der Waals surface area (Å²) in [6.45, 7) is 7.66. The molecule has 3 aliphatic heterocycles. The zero-order valence-electron chi connectivity index (χ0n) is 31.2. The van der Waals surface area contributed by atoms with Crippen molar-refractivity contribution in [2.45, 2.75) is 51.6 Å². The fourth-order valence-corrected chi connectivity index (χ4v) is 14.8. The van der Waals surface area contributed by atoms with Crippen LogP contribution in [0.5, 0.6) is 0 Å². The summed E-state index contributed by atoms with van der Waals surface area (Å²) in [5, 5.41) is 40.6. The van der Waals surface area contributed by atoms with Crippen LogP contribution in [-0.2, 0) is 40.3 Å². The number of rotatable bonds is 18. The van der Waals surface area contributed by atoms with Gasteiger partial charge in [0.15, 0.2) is 0 Å². The number of hydrogen-bond donors (Lipinski definition) is 6. The first-order valence-electron chi connectivity index (χ1n) is 20.9. The van der Waals surface area contributed by atoms with Gasteiger partial charge in [-0.05, 0) is 164 Å². The molecule has 0 unspecified atom stereocenters. The quantitative estimate of drug-likeness (QED) is 0.133. The van der Waals surface area contributed by atoms with E-state index in [1.54, 1.807) is 0 Å². The zero-order chi connectivity index (χ0) is 36.9. The Morgan fingerprint density at radius 3 is 1.37 bits per heavy atom. The number of hydrogen-bond acceptors (Lipinski definition) is 7. The second-order valence-electron chi connectivity index (χ2n) is 18.9. The van der Waals surface area contributed by atoms with Gasteiger partial charge in [0, 0.05) is 19.6 Å². The monoisotopic (exact) mass is 736 g/mol. The van der Waals surface area contributed by atoms with Crippen molar-refractivity contribution in [3.63, 3.8) is 0 Å². The van der Waals surface area contributed by atoms with Gasteiger partial charge in [-0.25, -0.2) is 0 Å². The SMILES string of the molecule is O=C(O)[C@@H](Cc1cccc(CN(Cc2cccc(C[C@H](C(=O)O)[C@H]3CCNC3)c2)CC23C4C5C2C2C3C4C52C[C@H](C(=O)O)[C@H]2CCNC2)c1)[C@H]1CCNC1. The Bertz CT molecular complexity index is 1680. The molecule has 54 heavy (non-hydrogen) atoms. The Balaban J connectivity index is 0.874. The molecule has 2 aromatic rings. The standard InChI is InChI=1S/C44H56N4O6/c49-40(50)31(28-7-10-45-18-28)15-24-3-1-5-26(13-24)21-48(22-27-6-2-4-25(14-27)16-32(41(51)52)29-8-11-46-19-29)23-44-37-34-38(44)36-39(44)35(37)43(34,36)17-33(42(53)54)30-9-12-47-20-30/h1-6,13-14,28-39,45-47H,7-12,15-23H2,(H,49,50)(H,51,52)(H,53,54)/t28-,29-,30-,31-,32-,33-,34?,35?,36?,37?,38?,39?,43?,44?/m0/s1. The summed E-state index contributed by atoms with van der Waals surface area (Å²) in [6, 6.07) is 17.2. The maximum atomic E-state index is 12.5. The lowest BCUT2D eigenvalue weighted by molar-refractivity contribution is -0.660. The van der Waals surface area contributed by atoms with Crippen molar-refractivity contribution >= 4 is 17.9 Å². The second kappa shape index (κ2) is 13.1. The molecule has 9 aliphatic rings. The normalized spacial score (nSPS) is 39.0. The molecule has 6 aliphatic carbocycles. The predicted octanol–water partition coefficient (Wildman–Crippen LogP) is 3.83. The number of carbonyl (C=O) groups is 3. The number of benzene rings is 2. The Morgan fingerprint density at radius 2 is 0.981 bits per heavy atom. The summed E-state index contributed by atoms with van der Waals surface area (Å²) in [6.07, 6.45) is 4.75. The maximum absolute atomic E-state index is 12.5. The van der Waals surface area contributed by atoms with E-state index >= 15 is 0 Å². The number of nitrogens with one attached hydrogen (secondary N) is 3. The Morgan fingerprint density at radius 1 is 0.593 bits per heavy atom. The molecule has 0 aromatic heterocycles. The average molecular weight is 737 g/mol. The summed E-state index contributed by atoms with van der Waals surface area (Å²) in [4.78, 5) is 39.8. The zero-order valence-corrected chi connectivity index (χ0v) is 31.2. The Labute approximate surface area is 317 Å². The molecule has 6 atom stereocenters. The molecule has 0 amide bonds. The molecular weight excluding hydrogens is 681 g/mol. The third kappa shape index (κ3) is 5.08. The lowest BCUT2D eigenvalue weighted by Gasteiger charge is -3.12. The van der Waals surface area contributed by atoms with E-state index in [1.807, 2.05) is 0 Å². The minimum atomic E-state index is -0.711. The Kier molecular flexibility index (Phi) is 8.55. The van der Waals surface area contributed by atoms with E-state index in [1.165, 1.54) is 11.1 Å². The van der Waals surface area contributed by atoms with Crippen molar-refractivity contribution in [1.82, 2.24) is 20.9 Å². The number of carboxylic acid groups (broad SMARTS) is 3. The molecule has 11 rings (SSSR count). The maximum Gasteiger partial charge on any atom is 0.307 e. The van der Waals surface area contributed by atoms with E-state index < -0.39 is 29.7 Å². The molecule has 0 radical (unpaired) electrons. The van der Waals surface area contributed by atoms with Gasteiger partial charge in [-0.2, -0.15) is 0 Å². The van der Waals surface area contributed by atoms with Crippen LogP contribution in [0.4, 0.5) is 0 Å². The highest BCUT2D eigenvalue weighted by Gasteiger charge is 3.09. The van der Waals surface area contributed by atoms with Crippen molar-refractivity contribution in [2.75, 3.05) is 45.8 Å². The van der Waals surface area contributed by atoms with Gasteiger partial charge in [0.05, 0.1) is 17.8 Å². The molecule has 0 spiro atoms. The second-order valence-corrected chi connectivity index (χ2v) is 18.9. The third-order valence-corrected chi connectivity index (χ3v) is 16.8. The van der Waals surface area contributed by atoms with Crippen molar-refractivity contribution in [3.8, 4) is 0 Å². The van der Waals surface area contributed by atoms with E-state index in [-0.39, 0.29) is 23.7 Å². The van der Waals surface area contributed by atoms with E-state index in [0.717, 1.165) is 131 Å². The first-order valence-corrected chi connectivity index (χ1v) is 20.9. The molecule has 2 aromatic carbocycles. The van der Waals surface area contributed by atoms with E-state index in [9.17, 15) is 29.7 Å². The summed E-state index contributed by atoms with van der Waals surface area (Å²) >= 11 is 0. The topological polar surface area (TPSA) is 151 Å². The summed E-state index contributed by atoms with van der Waals surface area (Å²) < 4.78 is 0. The molecule has 3 saturated heterocycles. The fourth-order valence-electron chi connectivity index (χ4n) is 14.8. The number of nitrogens with zero attached hydrogens (tertiary/aromatic N) is 1. The van der Waals surface area contributed by atoms with E-state index in [0.29, 0.717) is 23.7 Å². The van der Waals surface area contributed by atoms with Crippen LogP contribution in [0.15, 0.2) is 48.5 Å². The van der Waals surface area contributed by atoms with E-state index in [4.69, 9.17) is 0 Å². The Hall–Kier alpha value is -3.31. The number of carboxylic acids is 3. The molecule has 10 nitrogen and oxygen atoms in total. The lowest BCUT2D eigenvalue weighted by Crippen LogP contribution is -3.10. The predicted molar refractivity (Wildman–Crippen MR) is 201 cm³/mol. The van der Waals surface area contributed by atoms with Gasteiger partial charge >= 0.3 is 17.9 Å². The highest BCUT2D eigenvalue weighted by Crippen LogP contribution is 3.11. The minimum Gasteiger partial charge on any atom is -0.481 e. The first-order chi connectivity index (χ1) is 26.2. The molecule has 9 fully saturated rings. The fraction of sp³-hybridized carbons (Fsp3) is 0.659. The van der Waals surface area contributed by atoms with Crippen molar-refractivity contribution in [2.24, 2.45) is 81.8 Å². The van der Waals surface area contributed by atoms with Crippen LogP contribution in [0.1, 0.15) is 47.9 Å². The van der Waals surface area contributed by atoms with Crippen molar-refractivity contribution < 1.29 is 29.7 Å². The lowest BCUT2D eigenvalue weighted by atomic mass is 8.92. The van der Waals surface area contributed by atoms with Gasteiger partial charge < -0.3 is 31.3 Å². The van der Waals surface area contributed by atoms with Crippen molar-refractivity contribution in [3.05, 3.63) is 70.8 Å². The van der Waals surface area contributed by atoms with Gasteiger partial charge in [0.25, 0.3) is 0 Å². The molecule has 3 heterocycles. The van der Waals surface area contributed by atoms with Crippen LogP contribution >= 0.6 is 0 Å². The van der Waals surface area contributed by atoms with Gasteiger partial charge in [-0.3, -0.25) is 19.3 Å². The highest BCUT2D eigenvalue weighted by molar-refractivity contribution is 5.72. The summed E-state index contributed by atoms with van der Waals surface area (Å²) in [5.41, 5.74) is 5.25. The van der Waals surface area contributed by atoms with Gasteiger partial charge in [0.1, 0.15) is 0 Å². The summed E-state index contributed by atoms with van der Waals surface area (Å²) in [5.74, 6) is 1.92. The summed E-state index contributed by atoms with van der Waals surface area (Å²) in [7, 11) is 0. The molecule has 0 bridgehead atoms. The minimum absolute atomic E-state index is 0.151. The highest BCUT2D eigenvalue weighted by atomic mass is 16.4. The molecule has 6 N–H and O–H groups in total. The molecule has 6 saturated carbocycles. The third-order valence-electron chi connectivity index (χ3n) is 16.8. The molecule has 10 heteroatoms. The van der Waals surface area contributed by atoms with Crippen LogP contribution in [0, 0.1) is 81.8 Å². The van der Waals surface area contributed by atoms with Crippen LogP contribution in [0.25, 0.3) is 0 Å². The van der Waals surface area contributed by atoms with Gasteiger partial charge in [-0.1, -0.05) is 48.5 Å². The molecule has 288 valence electrons. The van der Waals surface area contributed by atoms with Crippen LogP contribution in [-0.4, -0.2) is 83.9 Å². The smallest absolute Gasteiger partial charge is 0.307 e. The first kappa shape index (κ1) is 35.1. The van der Waals surface area contributed by atoms with Crippen LogP contribution < -0.4 is 16.0 Å². The van der Waals surface area contributed by atoms with E-state index in [2.05, 4.69) is 69.4 Å². The van der Waals surface area contributed by atoms with Crippen LogP contribution in [0.2, 0.25) is 0 Å². The van der Waals surface area contributed by atoms with Gasteiger partial charge in [-0.15, -0.1) is 0 Å². The van der Waals surface area contributed by atoms with Crippen LogP contribution in [0.3, 0.4) is 0 Å². The number of aliphatic carboxylic acids is 3.